The van der Waals surface area contributed by atoms with Crippen LogP contribution in [0.1, 0.15) is 36.2 Å². The molecule has 1 N–H and O–H groups in total. The van der Waals surface area contributed by atoms with Gasteiger partial charge in [-0.05, 0) is 43.2 Å². The first-order chi connectivity index (χ1) is 16.4. The summed E-state index contributed by atoms with van der Waals surface area (Å²) in [5.41, 5.74) is 3.63. The van der Waals surface area contributed by atoms with Crippen LogP contribution in [0.4, 0.5) is 10.5 Å². The van der Waals surface area contributed by atoms with E-state index in [4.69, 9.17) is 23.2 Å². The zero-order valence-corrected chi connectivity index (χ0v) is 20.8. The Kier molecular flexibility index (Phi) is 7.49. The number of rotatable bonds is 6. The van der Waals surface area contributed by atoms with E-state index in [2.05, 4.69) is 40.2 Å². The highest BCUT2D eigenvalue weighted by molar-refractivity contribution is 6.39. The predicted octanol–water partition coefficient (Wildman–Crippen LogP) is 5.98. The number of nitrogens with one attached hydrogen (secondary N) is 1. The van der Waals surface area contributed by atoms with E-state index in [1.165, 1.54) is 4.90 Å². The number of hydrogen-bond acceptors (Lipinski definition) is 2. The summed E-state index contributed by atoms with van der Waals surface area (Å²) < 4.78 is 2.18. The number of aryl methyl sites for hydroxylation is 1. The zero-order valence-electron chi connectivity index (χ0n) is 19.3. The van der Waals surface area contributed by atoms with Crippen LogP contribution in [0, 0.1) is 6.92 Å². The second kappa shape index (κ2) is 10.5. The van der Waals surface area contributed by atoms with Gasteiger partial charge in [0.15, 0.2) is 0 Å². The summed E-state index contributed by atoms with van der Waals surface area (Å²) in [6.45, 7) is 5.69. The molecule has 1 atom stereocenters. The molecule has 2 heterocycles. The lowest BCUT2D eigenvalue weighted by molar-refractivity contribution is -0.134. The highest BCUT2D eigenvalue weighted by Gasteiger charge is 2.33. The molecular weight excluding hydrogens is 471 g/mol. The molecule has 34 heavy (non-hydrogen) atoms. The highest BCUT2D eigenvalue weighted by atomic mass is 35.5. The van der Waals surface area contributed by atoms with Gasteiger partial charge in [0.2, 0.25) is 5.91 Å². The Morgan fingerprint density at radius 1 is 1.03 bits per heavy atom. The van der Waals surface area contributed by atoms with Gasteiger partial charge in [0.05, 0.1) is 21.8 Å². The van der Waals surface area contributed by atoms with Crippen LogP contribution in [-0.2, 0) is 11.3 Å². The molecule has 0 aliphatic carbocycles. The number of carbonyl (C=O) groups excluding carboxylic acids is 2. The highest BCUT2D eigenvalue weighted by Crippen LogP contribution is 2.33. The standard InChI is InChI=1S/C26H28Cl2N4O2/c1-3-13-31(26(34)29-24-20(27)6-4-7-21(24)28)17-23(33)32-16-15-30-14-5-8-22(30)25(32)19-11-9-18(2)10-12-19/h4-12,14,25H,3,13,15-17H2,1-2H3,(H,29,34). The summed E-state index contributed by atoms with van der Waals surface area (Å²) in [5.74, 6) is -0.105. The van der Waals surface area contributed by atoms with E-state index in [9.17, 15) is 9.59 Å². The number of para-hydroxylation sites is 1. The molecule has 0 saturated carbocycles. The summed E-state index contributed by atoms with van der Waals surface area (Å²) in [5, 5.41) is 3.47. The molecule has 1 aliphatic rings. The molecule has 0 bridgehead atoms. The van der Waals surface area contributed by atoms with Crippen molar-refractivity contribution in [2.75, 3.05) is 25.0 Å². The molecule has 178 valence electrons. The van der Waals surface area contributed by atoms with E-state index >= 15 is 0 Å². The fraction of sp³-hybridized carbons (Fsp3) is 0.308. The van der Waals surface area contributed by atoms with Crippen LogP contribution >= 0.6 is 23.2 Å². The molecule has 2 aromatic carbocycles. The topological polar surface area (TPSA) is 57.6 Å². The Hall–Kier alpha value is -2.96. The van der Waals surface area contributed by atoms with E-state index in [1.54, 1.807) is 18.2 Å². The van der Waals surface area contributed by atoms with Gasteiger partial charge in [0.25, 0.3) is 0 Å². The number of amides is 3. The number of aromatic nitrogens is 1. The van der Waals surface area contributed by atoms with E-state index < -0.39 is 6.03 Å². The number of benzene rings is 2. The third-order valence-corrected chi connectivity index (χ3v) is 6.68. The Balaban J connectivity index is 1.57. The first-order valence-corrected chi connectivity index (χ1v) is 12.2. The summed E-state index contributed by atoms with van der Waals surface area (Å²) in [6.07, 6.45) is 2.75. The van der Waals surface area contributed by atoms with E-state index in [0.29, 0.717) is 41.8 Å². The maximum absolute atomic E-state index is 13.6. The van der Waals surface area contributed by atoms with Gasteiger partial charge >= 0.3 is 6.03 Å². The maximum atomic E-state index is 13.6. The van der Waals surface area contributed by atoms with Gasteiger partial charge in [-0.25, -0.2) is 4.79 Å². The van der Waals surface area contributed by atoms with Crippen molar-refractivity contribution in [3.05, 3.63) is 87.7 Å². The first kappa shape index (κ1) is 24.2. The van der Waals surface area contributed by atoms with Gasteiger partial charge < -0.3 is 19.7 Å². The number of hydrogen-bond donors (Lipinski definition) is 1. The first-order valence-electron chi connectivity index (χ1n) is 11.4. The second-order valence-electron chi connectivity index (χ2n) is 8.48. The quantitative estimate of drug-likeness (QED) is 0.454. The van der Waals surface area contributed by atoms with Crippen LogP contribution in [0.15, 0.2) is 60.8 Å². The minimum absolute atomic E-state index is 0.0369. The summed E-state index contributed by atoms with van der Waals surface area (Å²) in [4.78, 5) is 30.1. The van der Waals surface area contributed by atoms with Gasteiger partial charge in [-0.3, -0.25) is 4.79 Å². The maximum Gasteiger partial charge on any atom is 0.322 e. The number of anilines is 1. The smallest absolute Gasteiger partial charge is 0.322 e. The molecule has 0 fully saturated rings. The molecule has 1 aromatic heterocycles. The van der Waals surface area contributed by atoms with E-state index in [1.807, 2.05) is 31.0 Å². The Morgan fingerprint density at radius 3 is 2.41 bits per heavy atom. The summed E-state index contributed by atoms with van der Waals surface area (Å²) in [7, 11) is 0. The average Bonchev–Trinajstić information content (AvgIpc) is 3.30. The van der Waals surface area contributed by atoms with Crippen LogP contribution in [0.25, 0.3) is 0 Å². The number of nitrogens with zero attached hydrogens (tertiary/aromatic N) is 3. The van der Waals surface area contributed by atoms with Gasteiger partial charge in [-0.1, -0.05) is 66.0 Å². The minimum atomic E-state index is -0.405. The van der Waals surface area contributed by atoms with E-state index in [0.717, 1.165) is 16.8 Å². The second-order valence-corrected chi connectivity index (χ2v) is 9.29. The fourth-order valence-electron chi connectivity index (χ4n) is 4.33. The lowest BCUT2D eigenvalue weighted by atomic mass is 9.98. The molecule has 6 nitrogen and oxygen atoms in total. The molecule has 1 unspecified atom stereocenters. The molecule has 0 saturated heterocycles. The fourth-order valence-corrected chi connectivity index (χ4v) is 4.82. The number of carbonyl (C=O) groups is 2. The van der Waals surface area contributed by atoms with Crippen molar-refractivity contribution in [3.63, 3.8) is 0 Å². The molecule has 1 aliphatic heterocycles. The zero-order chi connectivity index (χ0) is 24.2. The van der Waals surface area contributed by atoms with Crippen molar-refractivity contribution in [3.8, 4) is 0 Å². The third kappa shape index (κ3) is 5.08. The molecule has 3 amide bonds. The lowest BCUT2D eigenvalue weighted by Crippen LogP contribution is -2.48. The van der Waals surface area contributed by atoms with Crippen molar-refractivity contribution in [1.29, 1.82) is 0 Å². The predicted molar refractivity (Wildman–Crippen MR) is 137 cm³/mol. The Labute approximate surface area is 210 Å². The van der Waals surface area contributed by atoms with Crippen LogP contribution in [0.5, 0.6) is 0 Å². The van der Waals surface area contributed by atoms with Gasteiger partial charge in [-0.2, -0.15) is 0 Å². The van der Waals surface area contributed by atoms with Crippen molar-refractivity contribution < 1.29 is 9.59 Å². The number of halogens is 2. The molecule has 0 spiro atoms. The molecule has 8 heteroatoms. The normalized spacial score (nSPS) is 15.1. The van der Waals surface area contributed by atoms with Gasteiger partial charge in [0, 0.05) is 31.5 Å². The molecule has 3 aromatic rings. The molecule has 4 rings (SSSR count). The van der Waals surface area contributed by atoms with Gasteiger partial charge in [-0.15, -0.1) is 0 Å². The van der Waals surface area contributed by atoms with Crippen molar-refractivity contribution in [2.24, 2.45) is 0 Å². The number of urea groups is 1. The largest absolute Gasteiger partial charge is 0.348 e. The van der Waals surface area contributed by atoms with Crippen LogP contribution in [0.2, 0.25) is 10.0 Å². The monoisotopic (exact) mass is 498 g/mol. The minimum Gasteiger partial charge on any atom is -0.348 e. The average molecular weight is 499 g/mol. The van der Waals surface area contributed by atoms with Crippen LogP contribution < -0.4 is 5.32 Å². The number of fused-ring (bicyclic) bond motifs is 1. The summed E-state index contributed by atoms with van der Waals surface area (Å²) in [6, 6.07) is 16.7. The lowest BCUT2D eigenvalue weighted by Gasteiger charge is -2.38. The SMILES string of the molecule is CCCN(CC(=O)N1CCn2cccc2C1c1ccc(C)cc1)C(=O)Nc1c(Cl)cccc1Cl. The molecular formula is C26H28Cl2N4O2. The summed E-state index contributed by atoms with van der Waals surface area (Å²) >= 11 is 12.4. The van der Waals surface area contributed by atoms with Crippen molar-refractivity contribution in [2.45, 2.75) is 32.9 Å². The van der Waals surface area contributed by atoms with Crippen molar-refractivity contribution in [1.82, 2.24) is 14.4 Å². The third-order valence-electron chi connectivity index (χ3n) is 6.05. The van der Waals surface area contributed by atoms with Crippen LogP contribution in [0.3, 0.4) is 0 Å². The van der Waals surface area contributed by atoms with Gasteiger partial charge in [0.1, 0.15) is 6.54 Å². The Morgan fingerprint density at radius 2 is 1.74 bits per heavy atom. The van der Waals surface area contributed by atoms with E-state index in [-0.39, 0.29) is 18.5 Å². The molecule has 0 radical (unpaired) electrons. The van der Waals surface area contributed by atoms with Crippen LogP contribution in [-0.4, -0.2) is 45.9 Å². The van der Waals surface area contributed by atoms with Crippen molar-refractivity contribution >= 4 is 40.8 Å². The Bertz CT molecular complexity index is 1160.